The maximum atomic E-state index is 13.1. The van der Waals surface area contributed by atoms with Crippen molar-refractivity contribution in [2.45, 2.75) is 6.54 Å². The minimum absolute atomic E-state index is 0.0463. The second-order valence-corrected chi connectivity index (χ2v) is 2.86. The largest absolute Gasteiger partial charge is 0.489 e. The summed E-state index contributed by atoms with van der Waals surface area (Å²) in [6.07, 6.45) is 0. The monoisotopic (exact) mass is 185 g/mol. The highest BCUT2D eigenvalue weighted by atomic mass is 19.1. The molecule has 13 heavy (non-hydrogen) atoms. The fourth-order valence-electron chi connectivity index (χ4n) is 1.33. The Morgan fingerprint density at radius 2 is 2.00 bits per heavy atom. The maximum absolute atomic E-state index is 13.1. The van der Waals surface area contributed by atoms with Gasteiger partial charge in [0, 0.05) is 18.7 Å². The number of hydrogen-bond acceptors (Lipinski definition) is 2. The van der Waals surface area contributed by atoms with E-state index in [1.165, 1.54) is 0 Å². The molecule has 0 aliphatic carbocycles. The molecule has 0 fully saturated rings. The van der Waals surface area contributed by atoms with Crippen LogP contribution in [0.5, 0.6) is 5.75 Å². The average Bonchev–Trinajstić information content (AvgIpc) is 2.37. The predicted molar refractivity (Wildman–Crippen MR) is 43.6 cm³/mol. The van der Waals surface area contributed by atoms with Crippen molar-refractivity contribution < 1.29 is 13.5 Å². The van der Waals surface area contributed by atoms with Crippen molar-refractivity contribution in [2.24, 2.45) is 0 Å². The van der Waals surface area contributed by atoms with E-state index < -0.39 is 11.6 Å². The van der Waals surface area contributed by atoms with E-state index in [0.717, 1.165) is 12.1 Å². The third-order valence-corrected chi connectivity index (χ3v) is 1.98. The quantitative estimate of drug-likeness (QED) is 0.660. The van der Waals surface area contributed by atoms with Crippen LogP contribution in [0.1, 0.15) is 5.56 Å². The van der Waals surface area contributed by atoms with Crippen molar-refractivity contribution >= 4 is 0 Å². The average molecular weight is 185 g/mol. The molecule has 0 radical (unpaired) electrons. The first-order valence-corrected chi connectivity index (χ1v) is 4.09. The van der Waals surface area contributed by atoms with E-state index in [0.29, 0.717) is 19.7 Å². The summed E-state index contributed by atoms with van der Waals surface area (Å²) in [4.78, 5) is 0. The SMILES string of the molecule is Fc1ccc(F)c2c1CNCCO2. The van der Waals surface area contributed by atoms with Crippen molar-refractivity contribution in [3.8, 4) is 5.75 Å². The first kappa shape index (κ1) is 8.44. The summed E-state index contributed by atoms with van der Waals surface area (Å²) < 4.78 is 31.3. The van der Waals surface area contributed by atoms with E-state index >= 15 is 0 Å². The summed E-state index contributed by atoms with van der Waals surface area (Å²) in [6.45, 7) is 1.29. The molecule has 1 aromatic rings. The zero-order chi connectivity index (χ0) is 9.26. The van der Waals surface area contributed by atoms with E-state index in [1.807, 2.05) is 0 Å². The molecule has 70 valence electrons. The van der Waals surface area contributed by atoms with E-state index in [1.54, 1.807) is 0 Å². The maximum Gasteiger partial charge on any atom is 0.165 e. The van der Waals surface area contributed by atoms with Gasteiger partial charge < -0.3 is 10.1 Å². The molecule has 1 aliphatic rings. The third-order valence-electron chi connectivity index (χ3n) is 1.98. The molecule has 0 bridgehead atoms. The van der Waals surface area contributed by atoms with Crippen LogP contribution in [0.4, 0.5) is 8.78 Å². The van der Waals surface area contributed by atoms with Crippen LogP contribution < -0.4 is 10.1 Å². The topological polar surface area (TPSA) is 21.3 Å². The first-order valence-electron chi connectivity index (χ1n) is 4.09. The number of benzene rings is 1. The number of rotatable bonds is 0. The molecule has 1 aromatic carbocycles. The van der Waals surface area contributed by atoms with E-state index in [-0.39, 0.29) is 11.3 Å². The molecule has 1 N–H and O–H groups in total. The Labute approximate surface area is 74.5 Å². The van der Waals surface area contributed by atoms with Gasteiger partial charge in [0.25, 0.3) is 0 Å². The van der Waals surface area contributed by atoms with Gasteiger partial charge in [-0.25, -0.2) is 8.78 Å². The normalized spacial score (nSPS) is 15.8. The molecule has 2 rings (SSSR count). The lowest BCUT2D eigenvalue weighted by molar-refractivity contribution is 0.308. The minimum atomic E-state index is -0.500. The molecule has 0 spiro atoms. The molecule has 2 nitrogen and oxygen atoms in total. The number of fused-ring (bicyclic) bond motifs is 1. The van der Waals surface area contributed by atoms with Crippen LogP contribution in [0, 0.1) is 11.6 Å². The minimum Gasteiger partial charge on any atom is -0.489 e. The molecule has 4 heteroatoms. The molecule has 0 amide bonds. The molecular weight excluding hydrogens is 176 g/mol. The van der Waals surface area contributed by atoms with Crippen LogP contribution in [0.15, 0.2) is 12.1 Å². The van der Waals surface area contributed by atoms with Crippen LogP contribution in [0.3, 0.4) is 0 Å². The summed E-state index contributed by atoms with van der Waals surface area (Å²) in [6, 6.07) is 2.20. The van der Waals surface area contributed by atoms with Gasteiger partial charge in [-0.15, -0.1) is 0 Å². The summed E-state index contributed by atoms with van der Waals surface area (Å²) in [5, 5.41) is 2.94. The molecular formula is C9H9F2NO. The van der Waals surface area contributed by atoms with E-state index in [9.17, 15) is 8.78 Å². The number of nitrogens with one attached hydrogen (secondary N) is 1. The number of hydrogen-bond donors (Lipinski definition) is 1. The Morgan fingerprint density at radius 1 is 1.23 bits per heavy atom. The zero-order valence-electron chi connectivity index (χ0n) is 6.94. The Kier molecular flexibility index (Phi) is 2.14. The van der Waals surface area contributed by atoms with Crippen molar-refractivity contribution in [1.82, 2.24) is 5.32 Å². The van der Waals surface area contributed by atoms with Crippen molar-refractivity contribution in [1.29, 1.82) is 0 Å². The smallest absolute Gasteiger partial charge is 0.165 e. The Balaban J connectivity index is 2.50. The van der Waals surface area contributed by atoms with Crippen LogP contribution in [0.25, 0.3) is 0 Å². The van der Waals surface area contributed by atoms with Gasteiger partial charge in [-0.1, -0.05) is 0 Å². The highest BCUT2D eigenvalue weighted by Crippen LogP contribution is 2.26. The Morgan fingerprint density at radius 3 is 2.85 bits per heavy atom. The van der Waals surface area contributed by atoms with Crippen LogP contribution >= 0.6 is 0 Å². The molecule has 1 heterocycles. The standard InChI is InChI=1S/C9H9F2NO/c10-7-1-2-8(11)9-6(7)5-12-3-4-13-9/h1-2,12H,3-5H2. The lowest BCUT2D eigenvalue weighted by atomic mass is 10.2. The highest BCUT2D eigenvalue weighted by molar-refractivity contribution is 5.36. The van der Waals surface area contributed by atoms with Crippen LogP contribution in [-0.4, -0.2) is 13.2 Å². The second-order valence-electron chi connectivity index (χ2n) is 2.86. The molecule has 1 aliphatic heterocycles. The molecule has 0 saturated carbocycles. The lowest BCUT2D eigenvalue weighted by Crippen LogP contribution is -2.16. The van der Waals surface area contributed by atoms with Crippen LogP contribution in [0.2, 0.25) is 0 Å². The molecule has 0 aromatic heterocycles. The van der Waals surface area contributed by atoms with Crippen LogP contribution in [-0.2, 0) is 6.54 Å². The van der Waals surface area contributed by atoms with Gasteiger partial charge in [0.1, 0.15) is 12.4 Å². The Bertz CT molecular complexity index is 297. The summed E-state index contributed by atoms with van der Waals surface area (Å²) >= 11 is 0. The van der Waals surface area contributed by atoms with E-state index in [4.69, 9.17) is 4.74 Å². The lowest BCUT2D eigenvalue weighted by Gasteiger charge is -2.07. The molecule has 0 unspecified atom stereocenters. The predicted octanol–water partition coefficient (Wildman–Crippen LogP) is 1.45. The molecule has 0 atom stereocenters. The number of halogens is 2. The van der Waals surface area contributed by atoms with Crippen molar-refractivity contribution in [3.63, 3.8) is 0 Å². The summed E-state index contributed by atoms with van der Waals surface area (Å²) in [7, 11) is 0. The van der Waals surface area contributed by atoms with Gasteiger partial charge in [0.05, 0.1) is 0 Å². The zero-order valence-corrected chi connectivity index (χ0v) is 6.94. The van der Waals surface area contributed by atoms with Gasteiger partial charge in [-0.2, -0.15) is 0 Å². The molecule has 0 saturated heterocycles. The van der Waals surface area contributed by atoms with Gasteiger partial charge in [-0.3, -0.25) is 0 Å². The van der Waals surface area contributed by atoms with Crippen molar-refractivity contribution in [3.05, 3.63) is 29.3 Å². The van der Waals surface area contributed by atoms with Gasteiger partial charge in [0.15, 0.2) is 11.6 Å². The van der Waals surface area contributed by atoms with Gasteiger partial charge in [0.2, 0.25) is 0 Å². The second kappa shape index (κ2) is 3.30. The highest BCUT2D eigenvalue weighted by Gasteiger charge is 2.16. The van der Waals surface area contributed by atoms with E-state index in [2.05, 4.69) is 5.32 Å². The fraction of sp³-hybridized carbons (Fsp3) is 0.333. The summed E-state index contributed by atoms with van der Waals surface area (Å²) in [5.41, 5.74) is 0.275. The van der Waals surface area contributed by atoms with Gasteiger partial charge >= 0.3 is 0 Å². The van der Waals surface area contributed by atoms with Crippen molar-refractivity contribution in [2.75, 3.05) is 13.2 Å². The first-order chi connectivity index (χ1) is 6.29. The van der Waals surface area contributed by atoms with Gasteiger partial charge in [-0.05, 0) is 12.1 Å². The third kappa shape index (κ3) is 1.49. The summed E-state index contributed by atoms with van der Waals surface area (Å²) in [5.74, 6) is -0.879. The number of ether oxygens (including phenoxy) is 1. The fourth-order valence-corrected chi connectivity index (χ4v) is 1.33. The Hall–Kier alpha value is -1.16.